The van der Waals surface area contributed by atoms with Gasteiger partial charge in [-0.1, -0.05) is 17.7 Å². The molecule has 0 bridgehead atoms. The van der Waals surface area contributed by atoms with E-state index in [1.54, 1.807) is 0 Å². The standard InChI is InChI=1S/C14H21NO/c1-10-6-11(2)14(12(3)7-10)13-8-15-4-5-16-9-13/h6-7,13,15H,4-5,8-9H2,1-3H3. The van der Waals surface area contributed by atoms with Crippen molar-refractivity contribution in [1.82, 2.24) is 5.32 Å². The fourth-order valence-corrected chi connectivity index (χ4v) is 2.73. The molecular formula is C14H21NO. The molecule has 0 spiro atoms. The maximum absolute atomic E-state index is 5.64. The molecule has 1 unspecified atom stereocenters. The van der Waals surface area contributed by atoms with Crippen molar-refractivity contribution in [1.29, 1.82) is 0 Å². The van der Waals surface area contributed by atoms with Crippen LogP contribution in [-0.4, -0.2) is 26.3 Å². The minimum absolute atomic E-state index is 0.503. The van der Waals surface area contributed by atoms with E-state index in [9.17, 15) is 0 Å². The smallest absolute Gasteiger partial charge is 0.0591 e. The predicted octanol–water partition coefficient (Wildman–Crippen LogP) is 2.32. The van der Waals surface area contributed by atoms with Crippen LogP contribution in [0.2, 0.25) is 0 Å². The van der Waals surface area contributed by atoms with Gasteiger partial charge >= 0.3 is 0 Å². The Morgan fingerprint density at radius 1 is 1.19 bits per heavy atom. The molecule has 1 aliphatic rings. The van der Waals surface area contributed by atoms with Crippen molar-refractivity contribution >= 4 is 0 Å². The molecule has 0 saturated carbocycles. The van der Waals surface area contributed by atoms with Gasteiger partial charge in [-0.25, -0.2) is 0 Å². The van der Waals surface area contributed by atoms with Crippen LogP contribution in [0.4, 0.5) is 0 Å². The molecule has 1 aromatic rings. The highest BCUT2D eigenvalue weighted by atomic mass is 16.5. The van der Waals surface area contributed by atoms with Gasteiger partial charge in [-0.15, -0.1) is 0 Å². The van der Waals surface area contributed by atoms with Gasteiger partial charge < -0.3 is 10.1 Å². The van der Waals surface area contributed by atoms with Crippen LogP contribution in [0.25, 0.3) is 0 Å². The van der Waals surface area contributed by atoms with Gasteiger partial charge in [0.1, 0.15) is 0 Å². The molecule has 1 saturated heterocycles. The molecule has 0 radical (unpaired) electrons. The van der Waals surface area contributed by atoms with E-state index in [0.29, 0.717) is 5.92 Å². The van der Waals surface area contributed by atoms with Crippen LogP contribution in [0.3, 0.4) is 0 Å². The number of rotatable bonds is 1. The number of aryl methyl sites for hydroxylation is 3. The van der Waals surface area contributed by atoms with E-state index in [0.717, 1.165) is 26.3 Å². The molecule has 1 heterocycles. The fraction of sp³-hybridized carbons (Fsp3) is 0.571. The molecule has 0 amide bonds. The summed E-state index contributed by atoms with van der Waals surface area (Å²) in [5, 5.41) is 3.44. The van der Waals surface area contributed by atoms with Crippen LogP contribution in [-0.2, 0) is 4.74 Å². The van der Waals surface area contributed by atoms with Gasteiger partial charge in [0.15, 0.2) is 0 Å². The molecule has 88 valence electrons. The summed E-state index contributed by atoms with van der Waals surface area (Å²) in [6, 6.07) is 4.54. The maximum Gasteiger partial charge on any atom is 0.0591 e. The number of hydrogen-bond acceptors (Lipinski definition) is 2. The van der Waals surface area contributed by atoms with Crippen molar-refractivity contribution in [3.8, 4) is 0 Å². The van der Waals surface area contributed by atoms with Gasteiger partial charge in [0.2, 0.25) is 0 Å². The molecule has 2 heteroatoms. The van der Waals surface area contributed by atoms with E-state index >= 15 is 0 Å². The monoisotopic (exact) mass is 219 g/mol. The number of ether oxygens (including phenoxy) is 1. The Balaban J connectivity index is 2.31. The first kappa shape index (κ1) is 11.6. The van der Waals surface area contributed by atoms with E-state index in [2.05, 4.69) is 38.2 Å². The number of hydrogen-bond donors (Lipinski definition) is 1. The second-order valence-corrected chi connectivity index (χ2v) is 4.79. The zero-order chi connectivity index (χ0) is 11.5. The summed E-state index contributed by atoms with van der Waals surface area (Å²) in [4.78, 5) is 0. The zero-order valence-electron chi connectivity index (χ0n) is 10.5. The Kier molecular flexibility index (Phi) is 3.62. The summed E-state index contributed by atoms with van der Waals surface area (Å²) < 4.78 is 5.64. The second-order valence-electron chi connectivity index (χ2n) is 4.79. The third-order valence-corrected chi connectivity index (χ3v) is 3.28. The molecule has 0 aliphatic carbocycles. The third kappa shape index (κ3) is 2.45. The molecule has 2 nitrogen and oxygen atoms in total. The minimum Gasteiger partial charge on any atom is -0.379 e. The fourth-order valence-electron chi connectivity index (χ4n) is 2.73. The van der Waals surface area contributed by atoms with Crippen molar-refractivity contribution in [2.75, 3.05) is 26.3 Å². The van der Waals surface area contributed by atoms with Crippen LogP contribution in [0.5, 0.6) is 0 Å². The highest BCUT2D eigenvalue weighted by molar-refractivity contribution is 5.40. The summed E-state index contributed by atoms with van der Waals surface area (Å²) in [5.41, 5.74) is 5.62. The average molecular weight is 219 g/mol. The van der Waals surface area contributed by atoms with Gasteiger partial charge in [-0.05, 0) is 37.5 Å². The van der Waals surface area contributed by atoms with Gasteiger partial charge in [0.25, 0.3) is 0 Å². The van der Waals surface area contributed by atoms with E-state index in [4.69, 9.17) is 4.74 Å². The summed E-state index contributed by atoms with van der Waals surface area (Å²) in [6.45, 7) is 10.3. The normalized spacial score (nSPS) is 21.8. The lowest BCUT2D eigenvalue weighted by molar-refractivity contribution is 0.141. The van der Waals surface area contributed by atoms with Crippen LogP contribution in [0.15, 0.2) is 12.1 Å². The summed E-state index contributed by atoms with van der Waals surface area (Å²) in [6.07, 6.45) is 0. The van der Waals surface area contributed by atoms with E-state index in [1.807, 2.05) is 0 Å². The second kappa shape index (κ2) is 4.98. The summed E-state index contributed by atoms with van der Waals surface area (Å²) in [7, 11) is 0. The third-order valence-electron chi connectivity index (χ3n) is 3.28. The lowest BCUT2D eigenvalue weighted by Crippen LogP contribution is -2.22. The first-order valence-corrected chi connectivity index (χ1v) is 6.04. The van der Waals surface area contributed by atoms with Crippen molar-refractivity contribution < 1.29 is 4.74 Å². The zero-order valence-corrected chi connectivity index (χ0v) is 10.5. The van der Waals surface area contributed by atoms with Gasteiger partial charge in [-0.3, -0.25) is 0 Å². The first-order valence-electron chi connectivity index (χ1n) is 6.04. The molecule has 1 atom stereocenters. The topological polar surface area (TPSA) is 21.3 Å². The molecule has 1 N–H and O–H groups in total. The van der Waals surface area contributed by atoms with E-state index < -0.39 is 0 Å². The SMILES string of the molecule is Cc1cc(C)c(C2CNCCOC2)c(C)c1. The van der Waals surface area contributed by atoms with Crippen molar-refractivity contribution in [3.05, 3.63) is 34.4 Å². The highest BCUT2D eigenvalue weighted by Crippen LogP contribution is 2.25. The maximum atomic E-state index is 5.64. The Labute approximate surface area is 98.0 Å². The predicted molar refractivity (Wildman–Crippen MR) is 67.1 cm³/mol. The lowest BCUT2D eigenvalue weighted by atomic mass is 9.90. The summed E-state index contributed by atoms with van der Waals surface area (Å²) in [5.74, 6) is 0.503. The molecule has 1 aromatic carbocycles. The van der Waals surface area contributed by atoms with Crippen molar-refractivity contribution in [2.45, 2.75) is 26.7 Å². The number of nitrogens with one attached hydrogen (secondary N) is 1. The average Bonchev–Trinajstić information content (AvgIpc) is 2.44. The first-order chi connectivity index (χ1) is 7.68. The van der Waals surface area contributed by atoms with Gasteiger partial charge in [-0.2, -0.15) is 0 Å². The molecule has 0 aromatic heterocycles. The van der Waals surface area contributed by atoms with Crippen LogP contribution >= 0.6 is 0 Å². The Morgan fingerprint density at radius 2 is 1.88 bits per heavy atom. The highest BCUT2D eigenvalue weighted by Gasteiger charge is 2.18. The summed E-state index contributed by atoms with van der Waals surface area (Å²) >= 11 is 0. The quantitative estimate of drug-likeness (QED) is 0.782. The molecule has 1 aliphatic heterocycles. The largest absolute Gasteiger partial charge is 0.379 e. The minimum atomic E-state index is 0.503. The Bertz CT molecular complexity index is 342. The molecule has 1 fully saturated rings. The van der Waals surface area contributed by atoms with Crippen LogP contribution in [0.1, 0.15) is 28.2 Å². The molecule has 2 rings (SSSR count). The van der Waals surface area contributed by atoms with Crippen LogP contribution in [0, 0.1) is 20.8 Å². The van der Waals surface area contributed by atoms with Gasteiger partial charge in [0.05, 0.1) is 13.2 Å². The van der Waals surface area contributed by atoms with Crippen molar-refractivity contribution in [3.63, 3.8) is 0 Å². The van der Waals surface area contributed by atoms with E-state index in [-0.39, 0.29) is 0 Å². The van der Waals surface area contributed by atoms with Crippen molar-refractivity contribution in [2.24, 2.45) is 0 Å². The van der Waals surface area contributed by atoms with Gasteiger partial charge in [0, 0.05) is 19.0 Å². The number of benzene rings is 1. The Morgan fingerprint density at radius 3 is 2.56 bits per heavy atom. The van der Waals surface area contributed by atoms with E-state index in [1.165, 1.54) is 22.3 Å². The Hall–Kier alpha value is -0.860. The van der Waals surface area contributed by atoms with Crippen LogP contribution < -0.4 is 5.32 Å². The molecular weight excluding hydrogens is 198 g/mol. The molecule has 16 heavy (non-hydrogen) atoms. The lowest BCUT2D eigenvalue weighted by Gasteiger charge is -2.20.